The predicted octanol–water partition coefficient (Wildman–Crippen LogP) is 1.73. The third-order valence-corrected chi connectivity index (χ3v) is 2.95. The van der Waals surface area contributed by atoms with Crippen LogP contribution < -0.4 is 0 Å². The van der Waals surface area contributed by atoms with E-state index in [2.05, 4.69) is 0 Å². The SMILES string of the molecule is CC(CC(=O)O)C1COCCN1C(=O)OC(C)(C)C. The van der Waals surface area contributed by atoms with Gasteiger partial charge in [0, 0.05) is 13.0 Å². The Morgan fingerprint density at radius 1 is 1.47 bits per heavy atom. The molecule has 1 rings (SSSR count). The molecule has 0 radical (unpaired) electrons. The van der Waals surface area contributed by atoms with Crippen molar-refractivity contribution in [2.75, 3.05) is 19.8 Å². The van der Waals surface area contributed by atoms with E-state index in [0.29, 0.717) is 19.8 Å². The van der Waals surface area contributed by atoms with Gasteiger partial charge < -0.3 is 19.5 Å². The number of aliphatic carboxylic acids is 1. The largest absolute Gasteiger partial charge is 0.481 e. The highest BCUT2D eigenvalue weighted by molar-refractivity contribution is 5.69. The highest BCUT2D eigenvalue weighted by atomic mass is 16.6. The normalized spacial score (nSPS) is 21.9. The first-order valence-electron chi connectivity index (χ1n) is 6.50. The maximum Gasteiger partial charge on any atom is 0.410 e. The Balaban J connectivity index is 2.71. The summed E-state index contributed by atoms with van der Waals surface area (Å²) < 4.78 is 10.7. The minimum Gasteiger partial charge on any atom is -0.481 e. The summed E-state index contributed by atoms with van der Waals surface area (Å²) in [5, 5.41) is 8.85. The minimum absolute atomic E-state index is 0.00727. The van der Waals surface area contributed by atoms with Crippen LogP contribution in [0.3, 0.4) is 0 Å². The van der Waals surface area contributed by atoms with Gasteiger partial charge in [0.15, 0.2) is 0 Å². The summed E-state index contributed by atoms with van der Waals surface area (Å²) in [4.78, 5) is 24.5. The van der Waals surface area contributed by atoms with Crippen LogP contribution in [0.25, 0.3) is 0 Å². The fraction of sp³-hybridized carbons (Fsp3) is 0.846. The van der Waals surface area contributed by atoms with E-state index in [1.807, 2.05) is 6.92 Å². The molecule has 0 aliphatic carbocycles. The van der Waals surface area contributed by atoms with Gasteiger partial charge in [0.05, 0.1) is 19.3 Å². The average molecular weight is 273 g/mol. The van der Waals surface area contributed by atoms with Crippen molar-refractivity contribution in [2.24, 2.45) is 5.92 Å². The Labute approximate surface area is 113 Å². The number of carboxylic acids is 1. The van der Waals surface area contributed by atoms with Gasteiger partial charge in [0.25, 0.3) is 0 Å². The third kappa shape index (κ3) is 5.06. The van der Waals surface area contributed by atoms with E-state index in [9.17, 15) is 9.59 Å². The number of hydrogen-bond donors (Lipinski definition) is 1. The van der Waals surface area contributed by atoms with Gasteiger partial charge in [-0.25, -0.2) is 4.79 Å². The molecule has 0 saturated carbocycles. The van der Waals surface area contributed by atoms with Gasteiger partial charge in [-0.15, -0.1) is 0 Å². The van der Waals surface area contributed by atoms with Gasteiger partial charge >= 0.3 is 12.1 Å². The van der Waals surface area contributed by atoms with Gasteiger partial charge in [-0.2, -0.15) is 0 Å². The Morgan fingerprint density at radius 3 is 2.63 bits per heavy atom. The lowest BCUT2D eigenvalue weighted by Gasteiger charge is -2.39. The molecule has 1 saturated heterocycles. The molecule has 1 heterocycles. The number of carbonyl (C=O) groups excluding carboxylic acids is 1. The van der Waals surface area contributed by atoms with Gasteiger partial charge in [-0.1, -0.05) is 6.92 Å². The van der Waals surface area contributed by atoms with Crippen LogP contribution in [0.2, 0.25) is 0 Å². The van der Waals surface area contributed by atoms with Crippen LogP contribution in [-0.4, -0.2) is 53.5 Å². The zero-order valence-electron chi connectivity index (χ0n) is 12.0. The van der Waals surface area contributed by atoms with Crippen molar-refractivity contribution in [3.63, 3.8) is 0 Å². The topological polar surface area (TPSA) is 76.1 Å². The average Bonchev–Trinajstić information content (AvgIpc) is 2.25. The first-order chi connectivity index (χ1) is 8.70. The van der Waals surface area contributed by atoms with E-state index in [0.717, 1.165) is 0 Å². The van der Waals surface area contributed by atoms with Crippen LogP contribution >= 0.6 is 0 Å². The molecule has 1 aliphatic heterocycles. The second-order valence-electron chi connectivity index (χ2n) is 5.89. The summed E-state index contributed by atoms with van der Waals surface area (Å²) in [5.41, 5.74) is -0.560. The molecule has 19 heavy (non-hydrogen) atoms. The maximum absolute atomic E-state index is 12.1. The molecule has 0 aromatic rings. The standard InChI is InChI=1S/C13H23NO5/c1-9(7-11(15)16)10-8-18-6-5-14(10)12(17)19-13(2,3)4/h9-10H,5-8H2,1-4H3,(H,15,16). The minimum atomic E-state index is -0.873. The Bertz CT molecular complexity index is 336. The molecule has 6 nitrogen and oxygen atoms in total. The monoisotopic (exact) mass is 273 g/mol. The van der Waals surface area contributed by atoms with E-state index in [4.69, 9.17) is 14.6 Å². The van der Waals surface area contributed by atoms with E-state index in [-0.39, 0.29) is 18.4 Å². The van der Waals surface area contributed by atoms with Crippen LogP contribution in [-0.2, 0) is 14.3 Å². The van der Waals surface area contributed by atoms with E-state index in [1.165, 1.54) is 0 Å². The molecule has 0 spiro atoms. The maximum atomic E-state index is 12.1. The molecule has 1 fully saturated rings. The lowest BCUT2D eigenvalue weighted by Crippen LogP contribution is -2.53. The first-order valence-corrected chi connectivity index (χ1v) is 6.50. The smallest absolute Gasteiger partial charge is 0.410 e. The second kappa shape index (κ2) is 6.23. The summed E-state index contributed by atoms with van der Waals surface area (Å²) in [7, 11) is 0. The van der Waals surface area contributed by atoms with Crippen LogP contribution in [0.4, 0.5) is 4.79 Å². The van der Waals surface area contributed by atoms with Crippen molar-refractivity contribution in [1.29, 1.82) is 0 Å². The first kappa shape index (κ1) is 15.8. The fourth-order valence-electron chi connectivity index (χ4n) is 2.05. The quantitative estimate of drug-likeness (QED) is 0.847. The molecular weight excluding hydrogens is 250 g/mol. The molecule has 0 bridgehead atoms. The molecule has 0 aromatic carbocycles. The third-order valence-electron chi connectivity index (χ3n) is 2.95. The summed E-state index contributed by atoms with van der Waals surface area (Å²) >= 11 is 0. The number of carbonyl (C=O) groups is 2. The zero-order valence-corrected chi connectivity index (χ0v) is 12.0. The molecule has 6 heteroatoms. The van der Waals surface area contributed by atoms with E-state index >= 15 is 0 Å². The van der Waals surface area contributed by atoms with E-state index < -0.39 is 17.7 Å². The molecule has 2 unspecified atom stereocenters. The van der Waals surface area contributed by atoms with Gasteiger partial charge in [-0.3, -0.25) is 4.79 Å². The molecule has 1 N–H and O–H groups in total. The fourth-order valence-corrected chi connectivity index (χ4v) is 2.05. The van der Waals surface area contributed by atoms with Crippen LogP contribution in [0.15, 0.2) is 0 Å². The summed E-state index contributed by atoms with van der Waals surface area (Å²) in [5.74, 6) is -1.05. The Kier molecular flexibility index (Phi) is 5.17. The van der Waals surface area contributed by atoms with Crippen molar-refractivity contribution in [3.05, 3.63) is 0 Å². The number of morpholine rings is 1. The van der Waals surface area contributed by atoms with Crippen molar-refractivity contribution in [1.82, 2.24) is 4.90 Å². The second-order valence-corrected chi connectivity index (χ2v) is 5.89. The van der Waals surface area contributed by atoms with Crippen molar-refractivity contribution < 1.29 is 24.2 Å². The summed E-state index contributed by atoms with van der Waals surface area (Å²) in [6.07, 6.45) is -0.397. The number of amides is 1. The molecule has 110 valence electrons. The van der Waals surface area contributed by atoms with Crippen molar-refractivity contribution in [3.8, 4) is 0 Å². The lowest BCUT2D eigenvalue weighted by molar-refractivity contribution is -0.139. The summed E-state index contributed by atoms with van der Waals surface area (Å²) in [6.45, 7) is 8.47. The lowest BCUT2D eigenvalue weighted by atomic mass is 9.97. The Hall–Kier alpha value is -1.30. The molecule has 1 aliphatic rings. The summed E-state index contributed by atoms with van der Waals surface area (Å²) in [6, 6.07) is -0.250. The van der Waals surface area contributed by atoms with Crippen molar-refractivity contribution in [2.45, 2.75) is 45.8 Å². The number of rotatable bonds is 3. The van der Waals surface area contributed by atoms with E-state index in [1.54, 1.807) is 25.7 Å². The molecule has 1 amide bonds. The number of nitrogens with zero attached hydrogens (tertiary/aromatic N) is 1. The number of carboxylic acid groups (broad SMARTS) is 1. The molecular formula is C13H23NO5. The van der Waals surface area contributed by atoms with Crippen LogP contribution in [0.1, 0.15) is 34.1 Å². The zero-order chi connectivity index (χ0) is 14.6. The van der Waals surface area contributed by atoms with Crippen molar-refractivity contribution >= 4 is 12.1 Å². The molecule has 0 aromatic heterocycles. The highest BCUT2D eigenvalue weighted by Gasteiger charge is 2.34. The molecule has 2 atom stereocenters. The number of hydrogen-bond acceptors (Lipinski definition) is 4. The predicted molar refractivity (Wildman–Crippen MR) is 69.0 cm³/mol. The van der Waals surface area contributed by atoms with Gasteiger partial charge in [-0.05, 0) is 26.7 Å². The van der Waals surface area contributed by atoms with Crippen LogP contribution in [0.5, 0.6) is 0 Å². The number of ether oxygens (including phenoxy) is 2. The Morgan fingerprint density at radius 2 is 2.11 bits per heavy atom. The van der Waals surface area contributed by atoms with Gasteiger partial charge in [0.1, 0.15) is 5.60 Å². The highest BCUT2D eigenvalue weighted by Crippen LogP contribution is 2.21. The van der Waals surface area contributed by atoms with Crippen LogP contribution in [0, 0.1) is 5.92 Å². The van der Waals surface area contributed by atoms with Gasteiger partial charge in [0.2, 0.25) is 0 Å².